The molecule has 0 saturated heterocycles. The zero-order chi connectivity index (χ0) is 11.0. The maximum atomic E-state index is 6.51. The summed E-state index contributed by atoms with van der Waals surface area (Å²) in [5.41, 5.74) is 10.7. The third kappa shape index (κ3) is 1.79. The molecule has 1 aromatic carbocycles. The molecular weight excluding hydrogens is 214 g/mol. The molecule has 1 aliphatic rings. The molecule has 0 spiro atoms. The molecule has 1 aromatic heterocycles. The second kappa shape index (κ2) is 3.72. The molecule has 0 aliphatic heterocycles. The first-order valence-electron chi connectivity index (χ1n) is 5.62. The Morgan fingerprint density at radius 1 is 1.12 bits per heavy atom. The average Bonchev–Trinajstić information content (AvgIpc) is 2.83. The van der Waals surface area contributed by atoms with E-state index in [1.807, 2.05) is 0 Å². The van der Waals surface area contributed by atoms with E-state index in [-0.39, 0.29) is 5.54 Å². The van der Waals surface area contributed by atoms with E-state index in [1.165, 1.54) is 16.7 Å². The van der Waals surface area contributed by atoms with Crippen LogP contribution in [0.3, 0.4) is 0 Å². The highest BCUT2D eigenvalue weighted by Gasteiger charge is 2.33. The Bertz CT molecular complexity index is 457. The second-order valence-corrected chi connectivity index (χ2v) is 5.57. The van der Waals surface area contributed by atoms with Gasteiger partial charge in [0, 0.05) is 5.54 Å². The number of hydrogen-bond donors (Lipinski definition) is 1. The van der Waals surface area contributed by atoms with E-state index in [2.05, 4.69) is 41.1 Å². The molecule has 1 nitrogen and oxygen atoms in total. The van der Waals surface area contributed by atoms with Crippen LogP contribution in [-0.4, -0.2) is 5.54 Å². The Kier molecular flexibility index (Phi) is 2.34. The topological polar surface area (TPSA) is 26.0 Å². The molecule has 0 unspecified atom stereocenters. The lowest BCUT2D eigenvalue weighted by Crippen LogP contribution is -2.42. The van der Waals surface area contributed by atoms with Gasteiger partial charge in [0.1, 0.15) is 0 Å². The highest BCUT2D eigenvalue weighted by Crippen LogP contribution is 2.31. The van der Waals surface area contributed by atoms with Crippen molar-refractivity contribution in [3.05, 3.63) is 57.8 Å². The molecule has 1 heterocycles. The van der Waals surface area contributed by atoms with E-state index in [9.17, 15) is 0 Å². The van der Waals surface area contributed by atoms with Crippen LogP contribution in [-0.2, 0) is 19.3 Å². The fraction of sp³-hybridized carbons (Fsp3) is 0.286. The molecule has 0 fully saturated rings. The van der Waals surface area contributed by atoms with Crippen molar-refractivity contribution in [1.82, 2.24) is 0 Å². The fourth-order valence-electron chi connectivity index (χ4n) is 2.65. The Hall–Kier alpha value is -1.12. The Balaban J connectivity index is 1.83. The SMILES string of the molecule is NC1(Cc2ccsc2)Cc2ccccc2C1. The molecule has 0 bridgehead atoms. The van der Waals surface area contributed by atoms with Gasteiger partial charge in [-0.25, -0.2) is 0 Å². The highest BCUT2D eigenvalue weighted by atomic mass is 32.1. The normalized spacial score (nSPS) is 17.3. The summed E-state index contributed by atoms with van der Waals surface area (Å²) in [7, 11) is 0. The molecule has 0 atom stereocenters. The molecule has 0 radical (unpaired) electrons. The molecule has 3 rings (SSSR count). The van der Waals surface area contributed by atoms with Crippen molar-refractivity contribution >= 4 is 11.3 Å². The molecule has 16 heavy (non-hydrogen) atoms. The molecule has 1 aliphatic carbocycles. The van der Waals surface area contributed by atoms with Crippen molar-refractivity contribution in [3.8, 4) is 0 Å². The predicted molar refractivity (Wildman–Crippen MR) is 68.8 cm³/mol. The predicted octanol–water partition coefficient (Wildman–Crippen LogP) is 2.79. The van der Waals surface area contributed by atoms with Crippen LogP contribution in [0.1, 0.15) is 16.7 Å². The van der Waals surface area contributed by atoms with E-state index in [1.54, 1.807) is 11.3 Å². The summed E-state index contributed by atoms with van der Waals surface area (Å²) in [6.07, 6.45) is 3.02. The minimum absolute atomic E-state index is 0.0647. The summed E-state index contributed by atoms with van der Waals surface area (Å²) in [5.74, 6) is 0. The van der Waals surface area contributed by atoms with Crippen LogP contribution in [0.25, 0.3) is 0 Å². The molecule has 0 saturated carbocycles. The minimum Gasteiger partial charge on any atom is -0.324 e. The van der Waals surface area contributed by atoms with E-state index in [0.29, 0.717) is 0 Å². The number of benzene rings is 1. The van der Waals surface area contributed by atoms with Gasteiger partial charge in [0.25, 0.3) is 0 Å². The zero-order valence-corrected chi connectivity index (χ0v) is 9.96. The summed E-state index contributed by atoms with van der Waals surface area (Å²) in [6.45, 7) is 0. The van der Waals surface area contributed by atoms with Gasteiger partial charge in [-0.1, -0.05) is 24.3 Å². The fourth-order valence-corrected chi connectivity index (χ4v) is 3.32. The van der Waals surface area contributed by atoms with Crippen LogP contribution in [0.15, 0.2) is 41.1 Å². The summed E-state index contributed by atoms with van der Waals surface area (Å²) < 4.78 is 0. The molecule has 2 N–H and O–H groups in total. The lowest BCUT2D eigenvalue weighted by atomic mass is 9.90. The van der Waals surface area contributed by atoms with Gasteiger partial charge < -0.3 is 5.73 Å². The van der Waals surface area contributed by atoms with Crippen molar-refractivity contribution in [2.75, 3.05) is 0 Å². The molecule has 0 amide bonds. The van der Waals surface area contributed by atoms with E-state index < -0.39 is 0 Å². The molecule has 2 heteroatoms. The lowest BCUT2D eigenvalue weighted by Gasteiger charge is -2.22. The standard InChI is InChI=1S/C14H15NS/c15-14(7-11-5-6-16-10-11)8-12-3-1-2-4-13(12)9-14/h1-6,10H,7-9,15H2. The van der Waals surface area contributed by atoms with Crippen molar-refractivity contribution in [1.29, 1.82) is 0 Å². The van der Waals surface area contributed by atoms with Gasteiger partial charge in [0.05, 0.1) is 0 Å². The lowest BCUT2D eigenvalue weighted by molar-refractivity contribution is 0.447. The minimum atomic E-state index is -0.0647. The summed E-state index contributed by atoms with van der Waals surface area (Å²) in [5, 5.41) is 4.33. The van der Waals surface area contributed by atoms with E-state index in [0.717, 1.165) is 19.3 Å². The molecular formula is C14H15NS. The van der Waals surface area contributed by atoms with Gasteiger partial charge in [0.15, 0.2) is 0 Å². The van der Waals surface area contributed by atoms with E-state index >= 15 is 0 Å². The zero-order valence-electron chi connectivity index (χ0n) is 9.15. The second-order valence-electron chi connectivity index (χ2n) is 4.79. The maximum Gasteiger partial charge on any atom is 0.0277 e. The monoisotopic (exact) mass is 229 g/mol. The third-order valence-electron chi connectivity index (χ3n) is 3.34. The van der Waals surface area contributed by atoms with Gasteiger partial charge in [-0.05, 0) is 52.8 Å². The Morgan fingerprint density at radius 3 is 2.38 bits per heavy atom. The first-order valence-corrected chi connectivity index (χ1v) is 6.56. The summed E-state index contributed by atoms with van der Waals surface area (Å²) in [4.78, 5) is 0. The quantitative estimate of drug-likeness (QED) is 0.842. The van der Waals surface area contributed by atoms with Gasteiger partial charge >= 0.3 is 0 Å². The largest absolute Gasteiger partial charge is 0.324 e. The van der Waals surface area contributed by atoms with E-state index in [4.69, 9.17) is 5.73 Å². The number of thiophene rings is 1. The summed E-state index contributed by atoms with van der Waals surface area (Å²) in [6, 6.07) is 10.8. The first-order chi connectivity index (χ1) is 7.75. The Morgan fingerprint density at radius 2 is 1.81 bits per heavy atom. The highest BCUT2D eigenvalue weighted by molar-refractivity contribution is 7.07. The van der Waals surface area contributed by atoms with Gasteiger partial charge in [-0.3, -0.25) is 0 Å². The van der Waals surface area contributed by atoms with Crippen LogP contribution >= 0.6 is 11.3 Å². The van der Waals surface area contributed by atoms with Gasteiger partial charge in [0.2, 0.25) is 0 Å². The smallest absolute Gasteiger partial charge is 0.0277 e. The Labute approximate surface area is 99.9 Å². The van der Waals surface area contributed by atoms with Crippen LogP contribution in [0.5, 0.6) is 0 Å². The van der Waals surface area contributed by atoms with Crippen LogP contribution < -0.4 is 5.73 Å². The van der Waals surface area contributed by atoms with Crippen LogP contribution in [0.4, 0.5) is 0 Å². The number of rotatable bonds is 2. The van der Waals surface area contributed by atoms with Gasteiger partial charge in [-0.2, -0.15) is 11.3 Å². The number of nitrogens with two attached hydrogens (primary N) is 1. The molecule has 82 valence electrons. The van der Waals surface area contributed by atoms with Crippen molar-refractivity contribution < 1.29 is 0 Å². The number of hydrogen-bond acceptors (Lipinski definition) is 2. The van der Waals surface area contributed by atoms with Crippen molar-refractivity contribution in [2.45, 2.75) is 24.8 Å². The first kappa shape index (κ1) is 10.1. The van der Waals surface area contributed by atoms with Crippen molar-refractivity contribution in [2.24, 2.45) is 5.73 Å². The summed E-state index contributed by atoms with van der Waals surface area (Å²) >= 11 is 1.75. The molecule has 2 aromatic rings. The van der Waals surface area contributed by atoms with Crippen molar-refractivity contribution in [3.63, 3.8) is 0 Å². The van der Waals surface area contributed by atoms with Crippen LogP contribution in [0.2, 0.25) is 0 Å². The van der Waals surface area contributed by atoms with Gasteiger partial charge in [-0.15, -0.1) is 0 Å². The van der Waals surface area contributed by atoms with Crippen LogP contribution in [0, 0.1) is 0 Å². The number of fused-ring (bicyclic) bond motifs is 1. The maximum absolute atomic E-state index is 6.51. The third-order valence-corrected chi connectivity index (χ3v) is 4.07. The average molecular weight is 229 g/mol.